The van der Waals surface area contributed by atoms with E-state index in [1.54, 1.807) is 0 Å². The van der Waals surface area contributed by atoms with Crippen molar-refractivity contribution in [3.8, 4) is 0 Å². The topological polar surface area (TPSA) is 42.7 Å². The first kappa shape index (κ1) is 14.0. The zero-order chi connectivity index (χ0) is 13.7. The van der Waals surface area contributed by atoms with Gasteiger partial charge in [-0.1, -0.05) is 41.9 Å². The minimum atomic E-state index is 0.180. The Morgan fingerprint density at radius 3 is 2.79 bits per heavy atom. The lowest BCUT2D eigenvalue weighted by molar-refractivity contribution is 0.492. The zero-order valence-corrected chi connectivity index (χ0v) is 12.1. The maximum absolute atomic E-state index is 6.24. The van der Waals surface area contributed by atoms with Gasteiger partial charge in [-0.3, -0.25) is 4.68 Å². The van der Waals surface area contributed by atoms with Gasteiger partial charge in [0.15, 0.2) is 0 Å². The van der Waals surface area contributed by atoms with Crippen LogP contribution in [0.3, 0.4) is 0 Å². The van der Waals surface area contributed by atoms with Crippen molar-refractivity contribution in [1.29, 1.82) is 0 Å². The Morgan fingerprint density at radius 1 is 1.37 bits per heavy atom. The second-order valence-electron chi connectivity index (χ2n) is 4.58. The van der Waals surface area contributed by atoms with Gasteiger partial charge in [0.1, 0.15) is 0 Å². The highest BCUT2D eigenvalue weighted by molar-refractivity contribution is 6.31. The number of rotatable bonds is 6. The molecule has 0 fully saturated rings. The quantitative estimate of drug-likeness (QED) is 0.883. The summed E-state index contributed by atoms with van der Waals surface area (Å²) in [7, 11) is 1.91. The van der Waals surface area contributed by atoms with E-state index in [0.29, 0.717) is 0 Å². The van der Waals surface area contributed by atoms with Gasteiger partial charge >= 0.3 is 0 Å². The van der Waals surface area contributed by atoms with E-state index in [2.05, 4.69) is 28.6 Å². The van der Waals surface area contributed by atoms with E-state index in [4.69, 9.17) is 11.6 Å². The molecule has 0 saturated carbocycles. The second-order valence-corrected chi connectivity index (χ2v) is 4.99. The van der Waals surface area contributed by atoms with Crippen molar-refractivity contribution < 1.29 is 0 Å². The number of aromatic nitrogens is 3. The number of nitrogens with zero attached hydrogens (tertiary/aromatic N) is 3. The minimum absolute atomic E-state index is 0.180. The summed E-state index contributed by atoms with van der Waals surface area (Å²) in [5.41, 5.74) is 2.22. The van der Waals surface area contributed by atoms with Crippen LogP contribution >= 0.6 is 11.6 Å². The molecule has 1 atom stereocenters. The monoisotopic (exact) mass is 278 g/mol. The number of hydrogen-bond acceptors (Lipinski definition) is 3. The minimum Gasteiger partial charge on any atom is -0.308 e. The van der Waals surface area contributed by atoms with Gasteiger partial charge in [0, 0.05) is 12.1 Å². The molecule has 2 rings (SSSR count). The van der Waals surface area contributed by atoms with Gasteiger partial charge in [-0.25, -0.2) is 0 Å². The van der Waals surface area contributed by atoms with Crippen LogP contribution in [0.1, 0.15) is 30.6 Å². The Morgan fingerprint density at radius 2 is 2.16 bits per heavy atom. The molecule has 1 unspecified atom stereocenters. The van der Waals surface area contributed by atoms with Crippen LogP contribution in [0, 0.1) is 0 Å². The first-order valence-corrected chi connectivity index (χ1v) is 6.91. The summed E-state index contributed by atoms with van der Waals surface area (Å²) in [6, 6.07) is 8.13. The molecule has 0 aliphatic carbocycles. The number of halogens is 1. The predicted molar refractivity (Wildman–Crippen MR) is 77.2 cm³/mol. The Kier molecular flexibility index (Phi) is 4.93. The summed E-state index contributed by atoms with van der Waals surface area (Å²) in [5, 5.41) is 12.3. The van der Waals surface area contributed by atoms with Crippen LogP contribution in [0.2, 0.25) is 5.02 Å². The molecule has 0 radical (unpaired) electrons. The fourth-order valence-electron chi connectivity index (χ4n) is 2.10. The van der Waals surface area contributed by atoms with Gasteiger partial charge in [-0.15, -0.1) is 5.10 Å². The van der Waals surface area contributed by atoms with E-state index in [1.807, 2.05) is 36.1 Å². The zero-order valence-electron chi connectivity index (χ0n) is 11.3. The standard InChI is InChI=1S/C14H19ClN4/c1-3-8-16-13(14-10-17-18-19(14)2)9-11-6-4-5-7-12(11)15/h4-7,10,13,16H,3,8-9H2,1-2H3. The molecule has 1 N–H and O–H groups in total. The molecule has 102 valence electrons. The molecule has 1 aromatic heterocycles. The average molecular weight is 279 g/mol. The molecular formula is C14H19ClN4. The van der Waals surface area contributed by atoms with Crippen molar-refractivity contribution in [3.05, 3.63) is 46.7 Å². The summed E-state index contributed by atoms with van der Waals surface area (Å²) in [5.74, 6) is 0. The van der Waals surface area contributed by atoms with Crippen LogP contribution in [-0.4, -0.2) is 21.5 Å². The fourth-order valence-corrected chi connectivity index (χ4v) is 2.31. The lowest BCUT2D eigenvalue weighted by atomic mass is 10.0. The van der Waals surface area contributed by atoms with Crippen LogP contribution in [0.25, 0.3) is 0 Å². The number of aryl methyl sites for hydroxylation is 1. The van der Waals surface area contributed by atoms with Crippen LogP contribution in [0.5, 0.6) is 0 Å². The second kappa shape index (κ2) is 6.68. The van der Waals surface area contributed by atoms with Crippen LogP contribution < -0.4 is 5.32 Å². The normalized spacial score (nSPS) is 12.6. The van der Waals surface area contributed by atoms with Gasteiger partial charge in [0.2, 0.25) is 0 Å². The third-order valence-electron chi connectivity index (χ3n) is 3.13. The summed E-state index contributed by atoms with van der Waals surface area (Å²) in [4.78, 5) is 0. The summed E-state index contributed by atoms with van der Waals surface area (Å²) >= 11 is 6.24. The van der Waals surface area contributed by atoms with Crippen molar-refractivity contribution in [2.45, 2.75) is 25.8 Å². The van der Waals surface area contributed by atoms with Crippen LogP contribution in [-0.2, 0) is 13.5 Å². The van der Waals surface area contributed by atoms with E-state index >= 15 is 0 Å². The Hall–Kier alpha value is -1.39. The van der Waals surface area contributed by atoms with Gasteiger partial charge in [0.05, 0.1) is 17.9 Å². The molecule has 2 aromatic rings. The van der Waals surface area contributed by atoms with Gasteiger partial charge in [-0.05, 0) is 31.0 Å². The maximum Gasteiger partial charge on any atom is 0.0756 e. The lowest BCUT2D eigenvalue weighted by Crippen LogP contribution is -2.26. The van der Waals surface area contributed by atoms with Gasteiger partial charge < -0.3 is 5.32 Å². The highest BCUT2D eigenvalue weighted by atomic mass is 35.5. The molecule has 1 aromatic carbocycles. The first-order valence-electron chi connectivity index (χ1n) is 6.53. The smallest absolute Gasteiger partial charge is 0.0756 e. The average Bonchev–Trinajstić information content (AvgIpc) is 2.83. The molecule has 0 bridgehead atoms. The largest absolute Gasteiger partial charge is 0.308 e. The van der Waals surface area contributed by atoms with E-state index < -0.39 is 0 Å². The molecule has 0 aliphatic heterocycles. The van der Waals surface area contributed by atoms with Gasteiger partial charge in [0.25, 0.3) is 0 Å². The molecule has 5 heteroatoms. The highest BCUT2D eigenvalue weighted by Crippen LogP contribution is 2.22. The van der Waals surface area contributed by atoms with E-state index in [-0.39, 0.29) is 6.04 Å². The summed E-state index contributed by atoms with van der Waals surface area (Å²) < 4.78 is 1.81. The van der Waals surface area contributed by atoms with Crippen molar-refractivity contribution in [1.82, 2.24) is 20.3 Å². The molecule has 0 aliphatic rings. The Bertz CT molecular complexity index is 524. The molecule has 19 heavy (non-hydrogen) atoms. The van der Waals surface area contributed by atoms with Crippen molar-refractivity contribution in [3.63, 3.8) is 0 Å². The van der Waals surface area contributed by atoms with Crippen molar-refractivity contribution in [2.24, 2.45) is 7.05 Å². The van der Waals surface area contributed by atoms with Crippen LogP contribution in [0.15, 0.2) is 30.5 Å². The molecule has 1 heterocycles. The fraction of sp³-hybridized carbons (Fsp3) is 0.429. The number of benzene rings is 1. The Labute approximate surface area is 118 Å². The summed E-state index contributed by atoms with van der Waals surface area (Å²) in [6.07, 6.45) is 3.73. The van der Waals surface area contributed by atoms with Crippen molar-refractivity contribution in [2.75, 3.05) is 6.54 Å². The Balaban J connectivity index is 2.19. The van der Waals surface area contributed by atoms with E-state index in [0.717, 1.165) is 35.7 Å². The summed E-state index contributed by atoms with van der Waals surface area (Å²) in [6.45, 7) is 3.11. The third kappa shape index (κ3) is 3.55. The van der Waals surface area contributed by atoms with Crippen LogP contribution in [0.4, 0.5) is 0 Å². The lowest BCUT2D eigenvalue weighted by Gasteiger charge is -2.19. The number of hydrogen-bond donors (Lipinski definition) is 1. The molecular weight excluding hydrogens is 260 g/mol. The highest BCUT2D eigenvalue weighted by Gasteiger charge is 2.16. The first-order chi connectivity index (χ1) is 9.22. The molecule has 4 nitrogen and oxygen atoms in total. The number of nitrogens with one attached hydrogen (secondary N) is 1. The predicted octanol–water partition coefficient (Wildman–Crippen LogP) is 2.75. The third-order valence-corrected chi connectivity index (χ3v) is 3.50. The van der Waals surface area contributed by atoms with E-state index in [1.165, 1.54) is 0 Å². The maximum atomic E-state index is 6.24. The van der Waals surface area contributed by atoms with Gasteiger partial charge in [-0.2, -0.15) is 0 Å². The molecule has 0 saturated heterocycles. The molecule has 0 spiro atoms. The van der Waals surface area contributed by atoms with E-state index in [9.17, 15) is 0 Å². The van der Waals surface area contributed by atoms with Crippen molar-refractivity contribution >= 4 is 11.6 Å². The SMILES string of the molecule is CCCNC(Cc1ccccc1Cl)c1cnnn1C. The molecule has 0 amide bonds.